The summed E-state index contributed by atoms with van der Waals surface area (Å²) in [6.45, 7) is 5.56. The van der Waals surface area contributed by atoms with E-state index in [1.807, 2.05) is 61.2 Å². The van der Waals surface area contributed by atoms with Crippen LogP contribution in [-0.4, -0.2) is 42.0 Å². The lowest BCUT2D eigenvalue weighted by Crippen LogP contribution is -2.48. The molecule has 6 heteroatoms. The molecule has 2 amide bonds. The van der Waals surface area contributed by atoms with E-state index in [0.29, 0.717) is 30.2 Å². The molecule has 1 heterocycles. The maximum Gasteiger partial charge on any atom is 0.254 e. The van der Waals surface area contributed by atoms with E-state index in [1.165, 1.54) is 0 Å². The minimum absolute atomic E-state index is 0.0105. The maximum absolute atomic E-state index is 12.7. The van der Waals surface area contributed by atoms with Gasteiger partial charge in [0.25, 0.3) is 5.91 Å². The largest absolute Gasteiger partial charge is 0.372 e. The smallest absolute Gasteiger partial charge is 0.254 e. The molecule has 28 heavy (non-hydrogen) atoms. The van der Waals surface area contributed by atoms with Gasteiger partial charge in [0.2, 0.25) is 5.91 Å². The molecular weight excluding hydrogens is 376 g/mol. The van der Waals surface area contributed by atoms with Gasteiger partial charge in [-0.05, 0) is 43.2 Å². The van der Waals surface area contributed by atoms with Crippen molar-refractivity contribution in [3.8, 4) is 0 Å². The van der Waals surface area contributed by atoms with Gasteiger partial charge in [-0.25, -0.2) is 0 Å². The van der Waals surface area contributed by atoms with Gasteiger partial charge in [0.05, 0.1) is 18.6 Å². The van der Waals surface area contributed by atoms with Crippen LogP contribution in [0.4, 0.5) is 0 Å². The van der Waals surface area contributed by atoms with Crippen molar-refractivity contribution in [2.24, 2.45) is 0 Å². The first kappa shape index (κ1) is 20.4. The van der Waals surface area contributed by atoms with Crippen molar-refractivity contribution in [2.75, 3.05) is 13.1 Å². The minimum atomic E-state index is -0.0930. The highest BCUT2D eigenvalue weighted by Gasteiger charge is 2.26. The summed E-state index contributed by atoms with van der Waals surface area (Å²) in [6.07, 6.45) is 0.324. The summed E-state index contributed by atoms with van der Waals surface area (Å²) in [5.74, 6) is -0.0825. The number of amides is 2. The topological polar surface area (TPSA) is 58.6 Å². The van der Waals surface area contributed by atoms with Crippen molar-refractivity contribution >= 4 is 23.4 Å². The number of hydrogen-bond acceptors (Lipinski definition) is 3. The average Bonchev–Trinajstić information content (AvgIpc) is 2.67. The van der Waals surface area contributed by atoms with Crippen LogP contribution in [0.5, 0.6) is 0 Å². The summed E-state index contributed by atoms with van der Waals surface area (Å²) in [6, 6.07) is 14.7. The average molecular weight is 401 g/mol. The fraction of sp³-hybridized carbons (Fsp3) is 0.364. The molecule has 0 saturated carbocycles. The number of halogens is 1. The molecule has 3 rings (SSSR count). The number of nitrogens with one attached hydrogen (secondary N) is 1. The van der Waals surface area contributed by atoms with Crippen LogP contribution in [0.15, 0.2) is 48.5 Å². The van der Waals surface area contributed by atoms with Crippen LogP contribution >= 0.6 is 11.6 Å². The Bertz CT molecular complexity index is 828. The molecule has 0 spiro atoms. The number of carbonyl (C=O) groups excluding carboxylic acids is 2. The number of benzene rings is 2. The Hall–Kier alpha value is -2.37. The van der Waals surface area contributed by atoms with E-state index in [-0.39, 0.29) is 30.4 Å². The van der Waals surface area contributed by atoms with Gasteiger partial charge in [-0.15, -0.1) is 0 Å². The van der Waals surface area contributed by atoms with Crippen LogP contribution in [0.2, 0.25) is 5.02 Å². The SMILES string of the molecule is CC1CN(C(=O)c2ccc(CNC(=O)Cc3ccccc3Cl)cc2)CC(C)O1. The molecule has 1 N–H and O–H groups in total. The fourth-order valence-electron chi connectivity index (χ4n) is 3.37. The highest BCUT2D eigenvalue weighted by molar-refractivity contribution is 6.31. The van der Waals surface area contributed by atoms with Gasteiger partial charge in [-0.3, -0.25) is 9.59 Å². The normalized spacial score (nSPS) is 19.3. The Balaban J connectivity index is 1.53. The summed E-state index contributed by atoms with van der Waals surface area (Å²) in [5, 5.41) is 3.48. The first-order valence-corrected chi connectivity index (χ1v) is 9.84. The summed E-state index contributed by atoms with van der Waals surface area (Å²) < 4.78 is 5.68. The van der Waals surface area contributed by atoms with E-state index in [9.17, 15) is 9.59 Å². The Morgan fingerprint density at radius 1 is 1.07 bits per heavy atom. The third kappa shape index (κ3) is 5.33. The van der Waals surface area contributed by atoms with Crippen LogP contribution in [-0.2, 0) is 22.5 Å². The van der Waals surface area contributed by atoms with Crippen molar-refractivity contribution in [2.45, 2.75) is 39.0 Å². The van der Waals surface area contributed by atoms with E-state index < -0.39 is 0 Å². The van der Waals surface area contributed by atoms with Gasteiger partial charge in [-0.1, -0.05) is 41.9 Å². The number of nitrogens with zero attached hydrogens (tertiary/aromatic N) is 1. The van der Waals surface area contributed by atoms with Crippen molar-refractivity contribution in [1.82, 2.24) is 10.2 Å². The molecule has 1 aliphatic heterocycles. The molecule has 2 unspecified atom stereocenters. The van der Waals surface area contributed by atoms with Gasteiger partial charge in [0.15, 0.2) is 0 Å². The van der Waals surface area contributed by atoms with Crippen LogP contribution in [0.25, 0.3) is 0 Å². The van der Waals surface area contributed by atoms with Crippen molar-refractivity contribution in [3.05, 3.63) is 70.2 Å². The first-order chi connectivity index (χ1) is 13.4. The molecule has 5 nitrogen and oxygen atoms in total. The Labute approximate surface area is 170 Å². The molecule has 1 fully saturated rings. The second kappa shape index (κ2) is 9.22. The molecule has 0 radical (unpaired) electrons. The molecule has 1 saturated heterocycles. The van der Waals surface area contributed by atoms with E-state index in [2.05, 4.69) is 5.32 Å². The number of ether oxygens (including phenoxy) is 1. The number of carbonyl (C=O) groups is 2. The van der Waals surface area contributed by atoms with E-state index in [4.69, 9.17) is 16.3 Å². The Kier molecular flexibility index (Phi) is 6.70. The summed E-state index contributed by atoms with van der Waals surface area (Å²) in [7, 11) is 0. The van der Waals surface area contributed by atoms with Gasteiger partial charge >= 0.3 is 0 Å². The molecule has 1 aliphatic rings. The van der Waals surface area contributed by atoms with Crippen molar-refractivity contribution < 1.29 is 14.3 Å². The van der Waals surface area contributed by atoms with Gasteiger partial charge in [-0.2, -0.15) is 0 Å². The number of rotatable bonds is 5. The number of hydrogen-bond donors (Lipinski definition) is 1. The lowest BCUT2D eigenvalue weighted by molar-refractivity contribution is -0.120. The Morgan fingerprint density at radius 2 is 1.71 bits per heavy atom. The molecule has 2 atom stereocenters. The highest BCUT2D eigenvalue weighted by atomic mass is 35.5. The van der Waals surface area contributed by atoms with E-state index >= 15 is 0 Å². The Morgan fingerprint density at radius 3 is 2.36 bits per heavy atom. The zero-order valence-electron chi connectivity index (χ0n) is 16.2. The highest BCUT2D eigenvalue weighted by Crippen LogP contribution is 2.16. The molecule has 0 aliphatic carbocycles. The van der Waals surface area contributed by atoms with Crippen LogP contribution in [0.1, 0.15) is 35.3 Å². The van der Waals surface area contributed by atoms with E-state index in [0.717, 1.165) is 11.1 Å². The zero-order chi connectivity index (χ0) is 20.1. The quantitative estimate of drug-likeness (QED) is 0.836. The monoisotopic (exact) mass is 400 g/mol. The standard InChI is InChI=1S/C22H25ClN2O3/c1-15-13-25(14-16(2)28-15)22(27)18-9-7-17(8-10-18)12-24-21(26)11-19-5-3-4-6-20(19)23/h3-10,15-16H,11-14H2,1-2H3,(H,24,26). The van der Waals surface area contributed by atoms with E-state index in [1.54, 1.807) is 6.07 Å². The minimum Gasteiger partial charge on any atom is -0.372 e. The lowest BCUT2D eigenvalue weighted by atomic mass is 10.1. The molecule has 0 aromatic heterocycles. The number of morpholine rings is 1. The second-order valence-corrected chi connectivity index (χ2v) is 7.62. The molecule has 0 bridgehead atoms. The third-order valence-corrected chi connectivity index (χ3v) is 5.07. The van der Waals surface area contributed by atoms with Gasteiger partial charge in [0, 0.05) is 30.2 Å². The molecule has 148 valence electrons. The lowest BCUT2D eigenvalue weighted by Gasteiger charge is -2.35. The van der Waals surface area contributed by atoms with Crippen molar-refractivity contribution in [1.29, 1.82) is 0 Å². The predicted octanol–water partition coefficient (Wildman–Crippen LogP) is 3.45. The van der Waals surface area contributed by atoms with Gasteiger partial charge in [0.1, 0.15) is 0 Å². The third-order valence-electron chi connectivity index (χ3n) is 4.71. The maximum atomic E-state index is 12.7. The summed E-state index contributed by atoms with van der Waals surface area (Å²) in [4.78, 5) is 26.7. The van der Waals surface area contributed by atoms with Crippen molar-refractivity contribution in [3.63, 3.8) is 0 Å². The van der Waals surface area contributed by atoms with Crippen LogP contribution in [0, 0.1) is 0 Å². The zero-order valence-corrected chi connectivity index (χ0v) is 16.9. The summed E-state index contributed by atoms with van der Waals surface area (Å²) in [5.41, 5.74) is 2.39. The molecular formula is C22H25ClN2O3. The van der Waals surface area contributed by atoms with Crippen LogP contribution < -0.4 is 5.32 Å². The van der Waals surface area contributed by atoms with Gasteiger partial charge < -0.3 is 15.0 Å². The fourth-order valence-corrected chi connectivity index (χ4v) is 3.57. The first-order valence-electron chi connectivity index (χ1n) is 9.46. The summed E-state index contributed by atoms with van der Waals surface area (Å²) >= 11 is 6.09. The predicted molar refractivity (Wildman–Crippen MR) is 109 cm³/mol. The molecule has 2 aromatic rings. The molecule has 2 aromatic carbocycles. The second-order valence-electron chi connectivity index (χ2n) is 7.21. The van der Waals surface area contributed by atoms with Crippen LogP contribution in [0.3, 0.4) is 0 Å².